The van der Waals surface area contributed by atoms with E-state index in [1.54, 1.807) is 0 Å². The standard InChI is InChI=1S/C9H19NO2/c1-7(6-11)10-8(2)12-9(3,4)5/h7,10-11H,2,6H2,1,3-5H3/t7-/m0/s1. The maximum absolute atomic E-state index is 8.72. The van der Waals surface area contributed by atoms with Crippen LogP contribution in [0.2, 0.25) is 0 Å². The summed E-state index contributed by atoms with van der Waals surface area (Å²) in [5.41, 5.74) is -0.237. The fraction of sp³-hybridized carbons (Fsp3) is 0.778. The van der Waals surface area contributed by atoms with Crippen LogP contribution in [0.1, 0.15) is 27.7 Å². The van der Waals surface area contributed by atoms with E-state index >= 15 is 0 Å². The summed E-state index contributed by atoms with van der Waals surface area (Å²) in [6.45, 7) is 11.5. The Morgan fingerprint density at radius 3 is 2.42 bits per heavy atom. The lowest BCUT2D eigenvalue weighted by molar-refractivity contribution is 0.0366. The zero-order valence-corrected chi connectivity index (χ0v) is 8.35. The SMILES string of the molecule is C=C(N[C@@H](C)CO)OC(C)(C)C. The monoisotopic (exact) mass is 173 g/mol. The minimum Gasteiger partial charge on any atom is -0.474 e. The summed E-state index contributed by atoms with van der Waals surface area (Å²) in [6, 6.07) is -0.0140. The summed E-state index contributed by atoms with van der Waals surface area (Å²) >= 11 is 0. The molecule has 3 heteroatoms. The van der Waals surface area contributed by atoms with Crippen LogP contribution >= 0.6 is 0 Å². The molecule has 0 bridgehead atoms. The van der Waals surface area contributed by atoms with E-state index in [9.17, 15) is 0 Å². The molecule has 0 saturated carbocycles. The first-order valence-electron chi connectivity index (χ1n) is 4.10. The molecule has 0 spiro atoms. The Morgan fingerprint density at radius 1 is 1.58 bits per heavy atom. The van der Waals surface area contributed by atoms with Crippen molar-refractivity contribution in [1.82, 2.24) is 5.32 Å². The molecule has 0 aromatic carbocycles. The Morgan fingerprint density at radius 2 is 2.08 bits per heavy atom. The molecule has 2 N–H and O–H groups in total. The number of nitrogens with one attached hydrogen (secondary N) is 1. The fourth-order valence-electron chi connectivity index (χ4n) is 0.720. The smallest absolute Gasteiger partial charge is 0.180 e. The van der Waals surface area contributed by atoms with E-state index in [0.717, 1.165) is 0 Å². The zero-order valence-electron chi connectivity index (χ0n) is 8.35. The second-order valence-corrected chi connectivity index (χ2v) is 3.87. The van der Waals surface area contributed by atoms with Crippen LogP contribution in [0.3, 0.4) is 0 Å². The number of hydrogen-bond acceptors (Lipinski definition) is 3. The van der Waals surface area contributed by atoms with Crippen molar-refractivity contribution >= 4 is 0 Å². The van der Waals surface area contributed by atoms with Gasteiger partial charge in [0.15, 0.2) is 5.88 Å². The average molecular weight is 173 g/mol. The third kappa shape index (κ3) is 6.04. The van der Waals surface area contributed by atoms with Crippen molar-refractivity contribution in [3.05, 3.63) is 12.5 Å². The number of aliphatic hydroxyl groups excluding tert-OH is 1. The molecule has 0 fully saturated rings. The van der Waals surface area contributed by atoms with E-state index in [1.165, 1.54) is 0 Å². The molecule has 3 nitrogen and oxygen atoms in total. The second kappa shape index (κ2) is 4.36. The average Bonchev–Trinajstić information content (AvgIpc) is 1.82. The predicted molar refractivity (Wildman–Crippen MR) is 49.7 cm³/mol. The van der Waals surface area contributed by atoms with Gasteiger partial charge in [-0.3, -0.25) is 0 Å². The molecule has 0 aliphatic carbocycles. The van der Waals surface area contributed by atoms with Gasteiger partial charge in [-0.15, -0.1) is 0 Å². The third-order valence-electron chi connectivity index (χ3n) is 1.11. The van der Waals surface area contributed by atoms with Gasteiger partial charge >= 0.3 is 0 Å². The molecule has 0 saturated heterocycles. The predicted octanol–water partition coefficient (Wildman–Crippen LogP) is 1.24. The van der Waals surface area contributed by atoms with Crippen LogP contribution < -0.4 is 5.32 Å². The highest BCUT2D eigenvalue weighted by atomic mass is 16.5. The van der Waals surface area contributed by atoms with Gasteiger partial charge in [0, 0.05) is 6.04 Å². The molecule has 0 unspecified atom stereocenters. The maximum atomic E-state index is 8.72. The lowest BCUT2D eigenvalue weighted by Crippen LogP contribution is -2.32. The number of hydrogen-bond donors (Lipinski definition) is 2. The molecule has 0 amide bonds. The summed E-state index contributed by atoms with van der Waals surface area (Å²) in [5, 5.41) is 11.6. The van der Waals surface area contributed by atoms with E-state index in [4.69, 9.17) is 9.84 Å². The fourth-order valence-corrected chi connectivity index (χ4v) is 0.720. The normalized spacial score (nSPS) is 13.8. The van der Waals surface area contributed by atoms with Gasteiger partial charge in [-0.05, 0) is 34.3 Å². The van der Waals surface area contributed by atoms with Crippen molar-refractivity contribution in [3.8, 4) is 0 Å². The lowest BCUT2D eigenvalue weighted by atomic mass is 10.2. The number of ether oxygens (including phenoxy) is 1. The first kappa shape index (κ1) is 11.3. The molecule has 0 aliphatic rings. The van der Waals surface area contributed by atoms with Gasteiger partial charge in [-0.1, -0.05) is 0 Å². The molecular formula is C9H19NO2. The van der Waals surface area contributed by atoms with Crippen LogP contribution in [0, 0.1) is 0 Å². The molecular weight excluding hydrogens is 154 g/mol. The van der Waals surface area contributed by atoms with Gasteiger partial charge in [0.05, 0.1) is 6.61 Å². The summed E-state index contributed by atoms with van der Waals surface area (Å²) in [4.78, 5) is 0. The quantitative estimate of drug-likeness (QED) is 0.628. The van der Waals surface area contributed by atoms with Gasteiger partial charge in [0.2, 0.25) is 0 Å². The first-order chi connectivity index (χ1) is 5.35. The Bertz CT molecular complexity index is 149. The van der Waals surface area contributed by atoms with Crippen LogP contribution in [0.25, 0.3) is 0 Å². The van der Waals surface area contributed by atoms with Gasteiger partial charge < -0.3 is 15.2 Å². The van der Waals surface area contributed by atoms with E-state index in [-0.39, 0.29) is 18.2 Å². The Kier molecular flexibility index (Phi) is 4.10. The molecule has 0 aromatic heterocycles. The topological polar surface area (TPSA) is 41.5 Å². The van der Waals surface area contributed by atoms with Crippen molar-refractivity contribution in [2.24, 2.45) is 0 Å². The largest absolute Gasteiger partial charge is 0.474 e. The summed E-state index contributed by atoms with van der Waals surface area (Å²) in [7, 11) is 0. The van der Waals surface area contributed by atoms with Crippen LogP contribution in [-0.2, 0) is 4.74 Å². The van der Waals surface area contributed by atoms with Crippen molar-refractivity contribution in [1.29, 1.82) is 0 Å². The minimum atomic E-state index is -0.237. The van der Waals surface area contributed by atoms with E-state index < -0.39 is 0 Å². The van der Waals surface area contributed by atoms with Gasteiger partial charge in [-0.2, -0.15) is 0 Å². The third-order valence-corrected chi connectivity index (χ3v) is 1.11. The van der Waals surface area contributed by atoms with Crippen molar-refractivity contribution in [3.63, 3.8) is 0 Å². The molecule has 0 rings (SSSR count). The Hall–Kier alpha value is -0.700. The van der Waals surface area contributed by atoms with Crippen LogP contribution in [0.4, 0.5) is 0 Å². The highest BCUT2D eigenvalue weighted by molar-refractivity contribution is 4.85. The minimum absolute atomic E-state index is 0.0140. The highest BCUT2D eigenvalue weighted by Gasteiger charge is 2.12. The molecule has 0 aliphatic heterocycles. The highest BCUT2D eigenvalue weighted by Crippen LogP contribution is 2.10. The Labute approximate surface area is 74.4 Å². The summed E-state index contributed by atoms with van der Waals surface area (Å²) < 4.78 is 5.39. The van der Waals surface area contributed by atoms with Crippen LogP contribution in [0.15, 0.2) is 12.5 Å². The van der Waals surface area contributed by atoms with E-state index in [0.29, 0.717) is 5.88 Å². The van der Waals surface area contributed by atoms with Crippen molar-refractivity contribution < 1.29 is 9.84 Å². The maximum Gasteiger partial charge on any atom is 0.180 e. The Balaban J connectivity index is 3.75. The number of rotatable bonds is 4. The summed E-state index contributed by atoms with van der Waals surface area (Å²) in [6.07, 6.45) is 0. The van der Waals surface area contributed by atoms with E-state index in [1.807, 2.05) is 27.7 Å². The van der Waals surface area contributed by atoms with Crippen molar-refractivity contribution in [2.75, 3.05) is 6.61 Å². The molecule has 72 valence electrons. The van der Waals surface area contributed by atoms with Crippen LogP contribution in [0.5, 0.6) is 0 Å². The van der Waals surface area contributed by atoms with Gasteiger partial charge in [0.1, 0.15) is 5.60 Å². The number of aliphatic hydroxyl groups is 1. The zero-order chi connectivity index (χ0) is 9.78. The summed E-state index contributed by atoms with van der Waals surface area (Å²) in [5.74, 6) is 0.504. The molecule has 0 heterocycles. The lowest BCUT2D eigenvalue weighted by Gasteiger charge is -2.24. The van der Waals surface area contributed by atoms with Crippen LogP contribution in [-0.4, -0.2) is 23.4 Å². The second-order valence-electron chi connectivity index (χ2n) is 3.87. The molecule has 1 atom stereocenters. The van der Waals surface area contributed by atoms with Crippen molar-refractivity contribution in [2.45, 2.75) is 39.3 Å². The molecule has 12 heavy (non-hydrogen) atoms. The molecule has 0 aromatic rings. The van der Waals surface area contributed by atoms with Gasteiger partial charge in [0.25, 0.3) is 0 Å². The first-order valence-corrected chi connectivity index (χ1v) is 4.10. The molecule has 0 radical (unpaired) electrons. The van der Waals surface area contributed by atoms with E-state index in [2.05, 4.69) is 11.9 Å². The van der Waals surface area contributed by atoms with Gasteiger partial charge in [-0.25, -0.2) is 0 Å².